The van der Waals surface area contributed by atoms with Gasteiger partial charge in [-0.15, -0.1) is 0 Å². The first-order valence-corrected chi connectivity index (χ1v) is 5.68. The van der Waals surface area contributed by atoms with Gasteiger partial charge in [0.25, 0.3) is 0 Å². The Bertz CT molecular complexity index is 348. The van der Waals surface area contributed by atoms with Crippen molar-refractivity contribution in [2.75, 3.05) is 18.5 Å². The maximum Gasteiger partial charge on any atom is 0.123 e. The van der Waals surface area contributed by atoms with Gasteiger partial charge in [-0.25, -0.2) is 4.39 Å². The van der Waals surface area contributed by atoms with Crippen LogP contribution in [-0.4, -0.2) is 13.6 Å². The second kappa shape index (κ2) is 5.30. The first-order valence-electron chi connectivity index (χ1n) is 5.68. The Balaban J connectivity index is 3.02. The van der Waals surface area contributed by atoms with Gasteiger partial charge < -0.3 is 10.6 Å². The molecule has 16 heavy (non-hydrogen) atoms. The van der Waals surface area contributed by atoms with Gasteiger partial charge >= 0.3 is 0 Å². The average Bonchev–Trinajstić information content (AvgIpc) is 2.16. The van der Waals surface area contributed by atoms with Crippen LogP contribution in [0.15, 0.2) is 18.2 Å². The molecule has 0 radical (unpaired) electrons. The van der Waals surface area contributed by atoms with E-state index in [9.17, 15) is 4.39 Å². The minimum Gasteiger partial charge on any atom is -0.374 e. The fourth-order valence-electron chi connectivity index (χ4n) is 1.88. The number of halogens is 1. The summed E-state index contributed by atoms with van der Waals surface area (Å²) in [4.78, 5) is 2.13. The molecule has 0 heterocycles. The molecule has 2 N–H and O–H groups in total. The van der Waals surface area contributed by atoms with Crippen molar-refractivity contribution in [2.24, 2.45) is 11.7 Å². The van der Waals surface area contributed by atoms with E-state index in [0.717, 1.165) is 17.8 Å². The van der Waals surface area contributed by atoms with Crippen LogP contribution in [0.1, 0.15) is 32.4 Å². The Morgan fingerprint density at radius 1 is 1.31 bits per heavy atom. The molecule has 0 saturated carbocycles. The highest BCUT2D eigenvalue weighted by Gasteiger charge is 2.12. The zero-order valence-corrected chi connectivity index (χ0v) is 10.5. The van der Waals surface area contributed by atoms with Gasteiger partial charge in [0.15, 0.2) is 0 Å². The van der Waals surface area contributed by atoms with Crippen molar-refractivity contribution in [2.45, 2.75) is 26.8 Å². The molecular formula is C13H21FN2. The van der Waals surface area contributed by atoms with E-state index in [1.54, 1.807) is 6.07 Å². The van der Waals surface area contributed by atoms with Crippen molar-refractivity contribution in [3.8, 4) is 0 Å². The van der Waals surface area contributed by atoms with Gasteiger partial charge in [-0.1, -0.05) is 13.8 Å². The van der Waals surface area contributed by atoms with Gasteiger partial charge in [-0.3, -0.25) is 0 Å². The maximum atomic E-state index is 13.2. The van der Waals surface area contributed by atoms with E-state index in [4.69, 9.17) is 5.73 Å². The zero-order chi connectivity index (χ0) is 12.3. The molecule has 0 aliphatic carbocycles. The molecule has 0 unspecified atom stereocenters. The third-order valence-electron chi connectivity index (χ3n) is 2.53. The van der Waals surface area contributed by atoms with Crippen LogP contribution >= 0.6 is 0 Å². The molecule has 0 aliphatic heterocycles. The third kappa shape index (κ3) is 3.20. The highest BCUT2D eigenvalue weighted by Crippen LogP contribution is 2.25. The number of anilines is 1. The van der Waals surface area contributed by atoms with Crippen LogP contribution in [0.2, 0.25) is 0 Å². The normalized spacial score (nSPS) is 12.9. The van der Waals surface area contributed by atoms with E-state index in [2.05, 4.69) is 18.7 Å². The average molecular weight is 224 g/mol. The van der Waals surface area contributed by atoms with Crippen LogP contribution in [-0.2, 0) is 0 Å². The summed E-state index contributed by atoms with van der Waals surface area (Å²) in [6.45, 7) is 7.13. The summed E-state index contributed by atoms with van der Waals surface area (Å²) in [5, 5.41) is 0. The van der Waals surface area contributed by atoms with E-state index >= 15 is 0 Å². The number of hydrogen-bond donors (Lipinski definition) is 1. The molecule has 0 spiro atoms. The summed E-state index contributed by atoms with van der Waals surface area (Å²) < 4.78 is 13.2. The number of benzene rings is 1. The molecule has 0 saturated heterocycles. The second-order valence-electron chi connectivity index (χ2n) is 4.77. The lowest BCUT2D eigenvalue weighted by molar-refractivity contribution is 0.616. The Kier molecular flexibility index (Phi) is 4.30. The summed E-state index contributed by atoms with van der Waals surface area (Å²) in [6, 6.07) is 4.66. The van der Waals surface area contributed by atoms with Crippen LogP contribution in [0, 0.1) is 11.7 Å². The van der Waals surface area contributed by atoms with Gasteiger partial charge in [-0.2, -0.15) is 0 Å². The van der Waals surface area contributed by atoms with E-state index in [0.29, 0.717) is 5.92 Å². The molecule has 0 amide bonds. The van der Waals surface area contributed by atoms with Crippen LogP contribution in [0.25, 0.3) is 0 Å². The van der Waals surface area contributed by atoms with Crippen molar-refractivity contribution < 1.29 is 4.39 Å². The van der Waals surface area contributed by atoms with Gasteiger partial charge in [-0.05, 0) is 36.6 Å². The lowest BCUT2D eigenvalue weighted by Gasteiger charge is -2.25. The number of nitrogens with two attached hydrogens (primary N) is 1. The van der Waals surface area contributed by atoms with Crippen LogP contribution in [0.5, 0.6) is 0 Å². The lowest BCUT2D eigenvalue weighted by atomic mass is 10.0. The largest absolute Gasteiger partial charge is 0.374 e. The maximum absolute atomic E-state index is 13.2. The van der Waals surface area contributed by atoms with E-state index in [-0.39, 0.29) is 11.9 Å². The lowest BCUT2D eigenvalue weighted by Crippen LogP contribution is -2.25. The third-order valence-corrected chi connectivity index (χ3v) is 2.53. The Morgan fingerprint density at radius 2 is 1.94 bits per heavy atom. The van der Waals surface area contributed by atoms with Gasteiger partial charge in [0.05, 0.1) is 0 Å². The van der Waals surface area contributed by atoms with Gasteiger partial charge in [0.1, 0.15) is 5.82 Å². The minimum atomic E-state index is -0.228. The molecule has 2 nitrogen and oxygen atoms in total. The topological polar surface area (TPSA) is 29.3 Å². The summed E-state index contributed by atoms with van der Waals surface area (Å²) in [5.74, 6) is 0.338. The Morgan fingerprint density at radius 3 is 2.44 bits per heavy atom. The summed E-state index contributed by atoms with van der Waals surface area (Å²) in [5.41, 5.74) is 7.74. The first-order chi connectivity index (χ1) is 7.41. The zero-order valence-electron chi connectivity index (χ0n) is 10.5. The molecule has 1 aromatic carbocycles. The Hall–Kier alpha value is -1.09. The number of nitrogens with zero attached hydrogens (tertiary/aromatic N) is 1. The number of hydrogen-bond acceptors (Lipinski definition) is 2. The molecule has 0 fully saturated rings. The smallest absolute Gasteiger partial charge is 0.123 e. The quantitative estimate of drug-likeness (QED) is 0.852. The molecule has 0 aromatic heterocycles. The SMILES string of the molecule is CC(C)CN(C)c1ccc(F)cc1[C@@H](C)N. The van der Waals surface area contributed by atoms with E-state index in [1.807, 2.05) is 14.0 Å². The molecule has 1 aromatic rings. The van der Waals surface area contributed by atoms with E-state index in [1.165, 1.54) is 12.1 Å². The Labute approximate surface area is 97.3 Å². The predicted molar refractivity (Wildman–Crippen MR) is 67.1 cm³/mol. The highest BCUT2D eigenvalue weighted by atomic mass is 19.1. The van der Waals surface area contributed by atoms with Crippen molar-refractivity contribution in [1.82, 2.24) is 0 Å². The van der Waals surface area contributed by atoms with Gasteiger partial charge in [0, 0.05) is 25.3 Å². The van der Waals surface area contributed by atoms with Gasteiger partial charge in [0.2, 0.25) is 0 Å². The minimum absolute atomic E-state index is 0.152. The van der Waals surface area contributed by atoms with Crippen LogP contribution < -0.4 is 10.6 Å². The molecule has 90 valence electrons. The van der Waals surface area contributed by atoms with Crippen molar-refractivity contribution in [3.63, 3.8) is 0 Å². The molecule has 0 bridgehead atoms. The van der Waals surface area contributed by atoms with E-state index < -0.39 is 0 Å². The van der Waals surface area contributed by atoms with Crippen LogP contribution in [0.3, 0.4) is 0 Å². The summed E-state index contributed by atoms with van der Waals surface area (Å²) in [7, 11) is 2.01. The molecule has 3 heteroatoms. The standard InChI is InChI=1S/C13H21FN2/c1-9(2)8-16(4)13-6-5-11(14)7-12(13)10(3)15/h5-7,9-10H,8,15H2,1-4H3/t10-/m1/s1. The predicted octanol–water partition coefficient (Wildman–Crippen LogP) is 2.94. The van der Waals surface area contributed by atoms with Crippen LogP contribution in [0.4, 0.5) is 10.1 Å². The first kappa shape index (κ1) is 13.0. The molecule has 1 rings (SSSR count). The summed E-state index contributed by atoms with van der Waals surface area (Å²) >= 11 is 0. The second-order valence-corrected chi connectivity index (χ2v) is 4.77. The number of rotatable bonds is 4. The monoisotopic (exact) mass is 224 g/mol. The molecular weight excluding hydrogens is 203 g/mol. The highest BCUT2D eigenvalue weighted by molar-refractivity contribution is 5.54. The molecule has 1 atom stereocenters. The fraction of sp³-hybridized carbons (Fsp3) is 0.538. The van der Waals surface area contributed by atoms with Crippen molar-refractivity contribution >= 4 is 5.69 Å². The molecule has 0 aliphatic rings. The summed E-state index contributed by atoms with van der Waals surface area (Å²) in [6.07, 6.45) is 0. The van der Waals surface area contributed by atoms with Crippen molar-refractivity contribution in [3.05, 3.63) is 29.6 Å². The van der Waals surface area contributed by atoms with Crippen molar-refractivity contribution in [1.29, 1.82) is 0 Å². The fourth-order valence-corrected chi connectivity index (χ4v) is 1.88.